The maximum atomic E-state index is 5.01. The Labute approximate surface area is 125 Å². The van der Waals surface area contributed by atoms with Crippen molar-refractivity contribution in [1.82, 2.24) is 15.0 Å². The standard InChI is InChI=1S/C15H21N5O/c1-12-10-14(18-11-13-6-3-4-7-16-13)20-15(19-12)17-8-5-9-21-2/h3-4,6-7,10H,5,8-9,11H2,1-2H3,(H2,17,18,19,20). The molecule has 6 nitrogen and oxygen atoms in total. The third-order valence-corrected chi connectivity index (χ3v) is 2.84. The minimum absolute atomic E-state index is 0.634. The molecule has 6 heteroatoms. The fourth-order valence-corrected chi connectivity index (χ4v) is 1.84. The van der Waals surface area contributed by atoms with Gasteiger partial charge >= 0.3 is 0 Å². The maximum absolute atomic E-state index is 5.01. The lowest BCUT2D eigenvalue weighted by atomic mass is 10.3. The molecular weight excluding hydrogens is 266 g/mol. The van der Waals surface area contributed by atoms with Gasteiger partial charge in [-0.2, -0.15) is 4.98 Å². The summed E-state index contributed by atoms with van der Waals surface area (Å²) in [5, 5.41) is 6.47. The lowest BCUT2D eigenvalue weighted by molar-refractivity contribution is 0.197. The van der Waals surface area contributed by atoms with Crippen LogP contribution < -0.4 is 10.6 Å². The van der Waals surface area contributed by atoms with Gasteiger partial charge in [-0.1, -0.05) is 6.07 Å². The second-order valence-electron chi connectivity index (χ2n) is 4.67. The molecule has 0 aliphatic heterocycles. The summed E-state index contributed by atoms with van der Waals surface area (Å²) < 4.78 is 5.01. The number of pyridine rings is 1. The van der Waals surface area contributed by atoms with E-state index in [-0.39, 0.29) is 0 Å². The van der Waals surface area contributed by atoms with Gasteiger partial charge in [0.1, 0.15) is 5.82 Å². The van der Waals surface area contributed by atoms with Gasteiger partial charge < -0.3 is 15.4 Å². The summed E-state index contributed by atoms with van der Waals surface area (Å²) in [6.07, 6.45) is 2.70. The normalized spacial score (nSPS) is 10.4. The first-order valence-electron chi connectivity index (χ1n) is 7.00. The van der Waals surface area contributed by atoms with E-state index >= 15 is 0 Å². The van der Waals surface area contributed by atoms with Gasteiger partial charge in [-0.3, -0.25) is 4.98 Å². The molecule has 0 radical (unpaired) electrons. The van der Waals surface area contributed by atoms with Crippen molar-refractivity contribution in [2.75, 3.05) is 30.9 Å². The fraction of sp³-hybridized carbons (Fsp3) is 0.400. The number of rotatable bonds is 8. The number of anilines is 2. The van der Waals surface area contributed by atoms with Gasteiger partial charge in [0, 0.05) is 38.2 Å². The van der Waals surface area contributed by atoms with Crippen molar-refractivity contribution in [2.24, 2.45) is 0 Å². The van der Waals surface area contributed by atoms with Crippen LogP contribution in [-0.2, 0) is 11.3 Å². The smallest absolute Gasteiger partial charge is 0.224 e. The van der Waals surface area contributed by atoms with E-state index in [9.17, 15) is 0 Å². The maximum Gasteiger partial charge on any atom is 0.224 e. The van der Waals surface area contributed by atoms with E-state index in [1.807, 2.05) is 31.2 Å². The second kappa shape index (κ2) is 8.16. The van der Waals surface area contributed by atoms with E-state index in [2.05, 4.69) is 25.6 Å². The molecule has 0 spiro atoms. The Kier molecular flexibility index (Phi) is 5.90. The van der Waals surface area contributed by atoms with Crippen molar-refractivity contribution in [2.45, 2.75) is 19.9 Å². The van der Waals surface area contributed by atoms with Crippen molar-refractivity contribution >= 4 is 11.8 Å². The molecule has 0 fully saturated rings. The van der Waals surface area contributed by atoms with Gasteiger partial charge in [-0.25, -0.2) is 4.98 Å². The minimum Gasteiger partial charge on any atom is -0.385 e. The summed E-state index contributed by atoms with van der Waals surface area (Å²) in [5.74, 6) is 1.43. The zero-order valence-corrected chi connectivity index (χ0v) is 12.5. The molecule has 112 valence electrons. The molecule has 0 aromatic carbocycles. The van der Waals surface area contributed by atoms with Gasteiger partial charge in [0.15, 0.2) is 0 Å². The number of nitrogens with one attached hydrogen (secondary N) is 2. The van der Waals surface area contributed by atoms with Gasteiger partial charge in [0.05, 0.1) is 12.2 Å². The first-order valence-corrected chi connectivity index (χ1v) is 7.00. The third-order valence-electron chi connectivity index (χ3n) is 2.84. The average molecular weight is 287 g/mol. The predicted octanol–water partition coefficient (Wildman–Crippen LogP) is 2.24. The van der Waals surface area contributed by atoms with Crippen LogP contribution in [0.2, 0.25) is 0 Å². The second-order valence-corrected chi connectivity index (χ2v) is 4.67. The van der Waals surface area contributed by atoms with Crippen LogP contribution in [-0.4, -0.2) is 35.2 Å². The van der Waals surface area contributed by atoms with E-state index in [0.717, 1.165) is 36.8 Å². The highest BCUT2D eigenvalue weighted by atomic mass is 16.5. The molecule has 0 saturated heterocycles. The molecule has 0 saturated carbocycles. The number of methoxy groups -OCH3 is 1. The monoisotopic (exact) mass is 287 g/mol. The van der Waals surface area contributed by atoms with E-state index in [1.54, 1.807) is 13.3 Å². The molecule has 2 rings (SSSR count). The summed E-state index contributed by atoms with van der Waals surface area (Å²) >= 11 is 0. The number of nitrogens with zero attached hydrogens (tertiary/aromatic N) is 3. The number of aromatic nitrogens is 3. The molecule has 0 atom stereocenters. The van der Waals surface area contributed by atoms with Crippen LogP contribution in [0, 0.1) is 6.92 Å². The summed E-state index contributed by atoms with van der Waals surface area (Å²) in [4.78, 5) is 13.1. The lowest BCUT2D eigenvalue weighted by Crippen LogP contribution is -2.10. The molecular formula is C15H21N5O. The van der Waals surface area contributed by atoms with Crippen molar-refractivity contribution in [1.29, 1.82) is 0 Å². The lowest BCUT2D eigenvalue weighted by Gasteiger charge is -2.09. The fourth-order valence-electron chi connectivity index (χ4n) is 1.84. The molecule has 0 aliphatic rings. The molecule has 0 aliphatic carbocycles. The Bertz CT molecular complexity index is 547. The van der Waals surface area contributed by atoms with E-state index < -0.39 is 0 Å². The van der Waals surface area contributed by atoms with Crippen LogP contribution in [0.25, 0.3) is 0 Å². The van der Waals surface area contributed by atoms with Crippen LogP contribution in [0.1, 0.15) is 17.8 Å². The largest absolute Gasteiger partial charge is 0.385 e. The summed E-state index contributed by atoms with van der Waals surface area (Å²) in [6, 6.07) is 7.77. The Morgan fingerprint density at radius 1 is 1.19 bits per heavy atom. The third kappa shape index (κ3) is 5.35. The highest BCUT2D eigenvalue weighted by molar-refractivity contribution is 5.42. The van der Waals surface area contributed by atoms with Gasteiger partial charge in [0.2, 0.25) is 5.95 Å². The minimum atomic E-state index is 0.634. The van der Waals surface area contributed by atoms with E-state index in [1.165, 1.54) is 0 Å². The molecule has 2 heterocycles. The summed E-state index contributed by atoms with van der Waals surface area (Å²) in [5.41, 5.74) is 1.89. The zero-order chi connectivity index (χ0) is 14.9. The number of aryl methyl sites for hydroxylation is 1. The summed E-state index contributed by atoms with van der Waals surface area (Å²) in [6.45, 7) is 4.11. The molecule has 0 amide bonds. The summed E-state index contributed by atoms with van der Waals surface area (Å²) in [7, 11) is 1.70. The molecule has 0 unspecified atom stereocenters. The van der Waals surface area contributed by atoms with Gasteiger partial charge in [-0.05, 0) is 25.5 Å². The number of hydrogen-bond donors (Lipinski definition) is 2. The Hall–Kier alpha value is -2.21. The molecule has 2 aromatic heterocycles. The van der Waals surface area contributed by atoms with Crippen LogP contribution in [0.3, 0.4) is 0 Å². The Morgan fingerprint density at radius 2 is 2.10 bits per heavy atom. The van der Waals surface area contributed by atoms with Crippen molar-refractivity contribution < 1.29 is 4.74 Å². The van der Waals surface area contributed by atoms with Gasteiger partial charge in [-0.15, -0.1) is 0 Å². The highest BCUT2D eigenvalue weighted by Crippen LogP contribution is 2.10. The van der Waals surface area contributed by atoms with E-state index in [0.29, 0.717) is 12.5 Å². The number of ether oxygens (including phenoxy) is 1. The quantitative estimate of drug-likeness (QED) is 0.726. The molecule has 2 aromatic rings. The highest BCUT2D eigenvalue weighted by Gasteiger charge is 2.02. The first kappa shape index (κ1) is 15.2. The molecule has 0 bridgehead atoms. The number of hydrogen-bond acceptors (Lipinski definition) is 6. The van der Waals surface area contributed by atoms with Crippen molar-refractivity contribution in [3.05, 3.63) is 41.9 Å². The van der Waals surface area contributed by atoms with Crippen LogP contribution in [0.15, 0.2) is 30.5 Å². The van der Waals surface area contributed by atoms with Crippen molar-refractivity contribution in [3.8, 4) is 0 Å². The van der Waals surface area contributed by atoms with Crippen LogP contribution in [0.5, 0.6) is 0 Å². The SMILES string of the molecule is COCCCNc1nc(C)cc(NCc2ccccn2)n1. The molecule has 2 N–H and O–H groups in total. The average Bonchev–Trinajstić information content (AvgIpc) is 2.50. The van der Waals surface area contributed by atoms with Crippen LogP contribution >= 0.6 is 0 Å². The van der Waals surface area contributed by atoms with E-state index in [4.69, 9.17) is 4.74 Å². The van der Waals surface area contributed by atoms with Gasteiger partial charge in [0.25, 0.3) is 0 Å². The Balaban J connectivity index is 1.91. The van der Waals surface area contributed by atoms with Crippen LogP contribution in [0.4, 0.5) is 11.8 Å². The topological polar surface area (TPSA) is 72.0 Å². The zero-order valence-electron chi connectivity index (χ0n) is 12.5. The first-order chi connectivity index (χ1) is 10.3. The predicted molar refractivity (Wildman–Crippen MR) is 83.3 cm³/mol. The van der Waals surface area contributed by atoms with Crippen molar-refractivity contribution in [3.63, 3.8) is 0 Å². The molecule has 21 heavy (non-hydrogen) atoms. The Morgan fingerprint density at radius 3 is 2.86 bits per heavy atom.